The quantitative estimate of drug-likeness (QED) is 0.867. The topological polar surface area (TPSA) is 12.0 Å². The Morgan fingerprint density at radius 3 is 2.21 bits per heavy atom. The summed E-state index contributed by atoms with van der Waals surface area (Å²) in [5.74, 6) is -0.523. The highest BCUT2D eigenvalue weighted by atomic mass is 19.1. The van der Waals surface area contributed by atoms with Crippen LogP contribution in [-0.2, 0) is 0 Å². The van der Waals surface area contributed by atoms with Crippen molar-refractivity contribution in [2.75, 3.05) is 13.1 Å². The van der Waals surface area contributed by atoms with Crippen LogP contribution in [0.4, 0.5) is 8.78 Å². The molecule has 0 amide bonds. The van der Waals surface area contributed by atoms with Crippen molar-refractivity contribution in [1.82, 2.24) is 5.32 Å². The van der Waals surface area contributed by atoms with Gasteiger partial charge in [0.2, 0.25) is 0 Å². The van der Waals surface area contributed by atoms with Crippen LogP contribution >= 0.6 is 0 Å². The molecule has 0 aliphatic carbocycles. The van der Waals surface area contributed by atoms with Crippen LogP contribution in [0, 0.1) is 11.6 Å². The first-order chi connectivity index (χ1) is 9.25. The zero-order valence-electron chi connectivity index (χ0n) is 10.5. The molecule has 19 heavy (non-hydrogen) atoms. The van der Waals surface area contributed by atoms with Gasteiger partial charge in [0.25, 0.3) is 0 Å². The van der Waals surface area contributed by atoms with Crippen molar-refractivity contribution in [2.45, 2.75) is 12.3 Å². The second kappa shape index (κ2) is 5.10. The van der Waals surface area contributed by atoms with Gasteiger partial charge in [0.1, 0.15) is 11.6 Å². The van der Waals surface area contributed by atoms with Crippen LogP contribution in [0.1, 0.15) is 17.9 Å². The highest BCUT2D eigenvalue weighted by Gasteiger charge is 2.17. The molecule has 1 N–H and O–H groups in total. The van der Waals surface area contributed by atoms with Crippen LogP contribution < -0.4 is 5.32 Å². The predicted octanol–water partition coefficient (Wildman–Crippen LogP) is 3.71. The summed E-state index contributed by atoms with van der Waals surface area (Å²) >= 11 is 0. The Labute approximate surface area is 111 Å². The Balaban J connectivity index is 1.94. The van der Waals surface area contributed by atoms with E-state index in [2.05, 4.69) is 5.32 Å². The lowest BCUT2D eigenvalue weighted by atomic mass is 9.95. The molecule has 3 heteroatoms. The van der Waals surface area contributed by atoms with Crippen molar-refractivity contribution in [3.05, 3.63) is 59.7 Å². The maximum absolute atomic E-state index is 13.7. The van der Waals surface area contributed by atoms with Crippen LogP contribution in [0.25, 0.3) is 11.1 Å². The van der Waals surface area contributed by atoms with Gasteiger partial charge in [-0.05, 0) is 42.1 Å². The molecule has 2 aromatic rings. The molecule has 0 radical (unpaired) electrons. The maximum atomic E-state index is 13.7. The van der Waals surface area contributed by atoms with Gasteiger partial charge in [-0.15, -0.1) is 0 Å². The van der Waals surface area contributed by atoms with Gasteiger partial charge in [0.15, 0.2) is 0 Å². The molecule has 1 heterocycles. The van der Waals surface area contributed by atoms with E-state index >= 15 is 0 Å². The number of hydrogen-bond donors (Lipinski definition) is 1. The van der Waals surface area contributed by atoms with Crippen molar-refractivity contribution >= 4 is 0 Å². The number of nitrogens with one attached hydrogen (secondary N) is 1. The number of benzene rings is 2. The van der Waals surface area contributed by atoms with Gasteiger partial charge in [0.05, 0.1) is 5.56 Å². The summed E-state index contributed by atoms with van der Waals surface area (Å²) in [7, 11) is 0. The molecule has 0 bridgehead atoms. The maximum Gasteiger partial charge on any atom is 0.133 e. The highest BCUT2D eigenvalue weighted by Crippen LogP contribution is 2.29. The second-order valence-electron chi connectivity index (χ2n) is 4.91. The molecule has 1 aliphatic rings. The van der Waals surface area contributed by atoms with E-state index in [0.717, 1.165) is 19.5 Å². The molecule has 1 aliphatic heterocycles. The van der Waals surface area contributed by atoms with Crippen LogP contribution in [0.3, 0.4) is 0 Å². The van der Waals surface area contributed by atoms with E-state index < -0.39 is 11.6 Å². The average molecular weight is 259 g/mol. The fraction of sp³-hybridized carbons (Fsp3) is 0.250. The molecule has 0 aromatic heterocycles. The van der Waals surface area contributed by atoms with Gasteiger partial charge in [-0.1, -0.05) is 30.3 Å². The van der Waals surface area contributed by atoms with E-state index in [1.165, 1.54) is 23.8 Å². The Morgan fingerprint density at radius 2 is 1.63 bits per heavy atom. The van der Waals surface area contributed by atoms with E-state index in [-0.39, 0.29) is 5.56 Å². The first-order valence-electron chi connectivity index (χ1n) is 6.51. The molecular weight excluding hydrogens is 244 g/mol. The van der Waals surface area contributed by atoms with Crippen molar-refractivity contribution < 1.29 is 8.78 Å². The van der Waals surface area contributed by atoms with Gasteiger partial charge >= 0.3 is 0 Å². The molecule has 1 saturated heterocycles. The number of halogens is 2. The fourth-order valence-electron chi connectivity index (χ4n) is 2.63. The summed E-state index contributed by atoms with van der Waals surface area (Å²) in [5, 5.41) is 3.32. The highest BCUT2D eigenvalue weighted by molar-refractivity contribution is 5.65. The largest absolute Gasteiger partial charge is 0.316 e. The Kier molecular flexibility index (Phi) is 3.30. The summed E-state index contributed by atoms with van der Waals surface area (Å²) < 4.78 is 27.4. The van der Waals surface area contributed by atoms with Crippen molar-refractivity contribution in [3.63, 3.8) is 0 Å². The molecule has 98 valence electrons. The van der Waals surface area contributed by atoms with Crippen molar-refractivity contribution in [1.29, 1.82) is 0 Å². The third-order valence-corrected chi connectivity index (χ3v) is 3.69. The molecule has 2 aromatic carbocycles. The van der Waals surface area contributed by atoms with Gasteiger partial charge in [-0.2, -0.15) is 0 Å². The minimum Gasteiger partial charge on any atom is -0.316 e. The third-order valence-electron chi connectivity index (χ3n) is 3.69. The van der Waals surface area contributed by atoms with Crippen molar-refractivity contribution in [3.8, 4) is 11.1 Å². The van der Waals surface area contributed by atoms with Gasteiger partial charge in [-0.25, -0.2) is 8.78 Å². The van der Waals surface area contributed by atoms with Gasteiger partial charge in [0, 0.05) is 6.54 Å². The molecule has 1 unspecified atom stereocenters. The van der Waals surface area contributed by atoms with E-state index in [9.17, 15) is 8.78 Å². The second-order valence-corrected chi connectivity index (χ2v) is 4.91. The Hall–Kier alpha value is -1.74. The van der Waals surface area contributed by atoms with Crippen LogP contribution in [-0.4, -0.2) is 13.1 Å². The molecular formula is C16H15F2N. The number of rotatable bonds is 2. The standard InChI is InChI=1S/C16H15F2N/c17-14-2-1-3-15(18)16(14)12-6-4-11(5-7-12)13-8-9-19-10-13/h1-7,13,19H,8-10H2. The summed E-state index contributed by atoms with van der Waals surface area (Å²) in [4.78, 5) is 0. The van der Waals surface area contributed by atoms with Gasteiger partial charge < -0.3 is 5.32 Å². The molecule has 0 spiro atoms. The lowest BCUT2D eigenvalue weighted by molar-refractivity contribution is 0.589. The fourth-order valence-corrected chi connectivity index (χ4v) is 2.63. The lowest BCUT2D eigenvalue weighted by Gasteiger charge is -2.10. The monoisotopic (exact) mass is 259 g/mol. The van der Waals surface area contributed by atoms with E-state index in [1.807, 2.05) is 12.1 Å². The lowest BCUT2D eigenvalue weighted by Crippen LogP contribution is -2.07. The first kappa shape index (κ1) is 12.3. The number of hydrogen-bond acceptors (Lipinski definition) is 1. The smallest absolute Gasteiger partial charge is 0.133 e. The summed E-state index contributed by atoms with van der Waals surface area (Å²) in [6.07, 6.45) is 1.12. The normalized spacial score (nSPS) is 18.7. The summed E-state index contributed by atoms with van der Waals surface area (Å²) in [6, 6.07) is 11.5. The average Bonchev–Trinajstić information content (AvgIpc) is 2.93. The minimum absolute atomic E-state index is 0.0543. The van der Waals surface area contributed by atoms with Crippen LogP contribution in [0.15, 0.2) is 42.5 Å². The van der Waals surface area contributed by atoms with Crippen LogP contribution in [0.5, 0.6) is 0 Å². The van der Waals surface area contributed by atoms with Gasteiger partial charge in [-0.3, -0.25) is 0 Å². The van der Waals surface area contributed by atoms with E-state index in [0.29, 0.717) is 11.5 Å². The zero-order chi connectivity index (χ0) is 13.2. The minimum atomic E-state index is -0.518. The van der Waals surface area contributed by atoms with Crippen LogP contribution in [0.2, 0.25) is 0 Å². The Morgan fingerprint density at radius 1 is 0.947 bits per heavy atom. The Bertz CT molecular complexity index is 552. The predicted molar refractivity (Wildman–Crippen MR) is 72.0 cm³/mol. The summed E-state index contributed by atoms with van der Waals surface area (Å²) in [6.45, 7) is 2.02. The molecule has 1 fully saturated rings. The molecule has 1 nitrogen and oxygen atoms in total. The van der Waals surface area contributed by atoms with E-state index in [4.69, 9.17) is 0 Å². The summed E-state index contributed by atoms with van der Waals surface area (Å²) in [5.41, 5.74) is 1.87. The van der Waals surface area contributed by atoms with E-state index in [1.54, 1.807) is 12.1 Å². The molecule has 0 saturated carbocycles. The zero-order valence-corrected chi connectivity index (χ0v) is 10.5. The molecule has 3 rings (SSSR count). The first-order valence-corrected chi connectivity index (χ1v) is 6.51. The third kappa shape index (κ3) is 2.38. The SMILES string of the molecule is Fc1cccc(F)c1-c1ccc(C2CCNC2)cc1. The van der Waals surface area contributed by atoms with Crippen molar-refractivity contribution in [2.24, 2.45) is 0 Å². The molecule has 1 atom stereocenters.